The molecule has 5 nitrogen and oxygen atoms in total. The minimum absolute atomic E-state index is 0.0874. The van der Waals surface area contributed by atoms with Crippen molar-refractivity contribution in [2.75, 3.05) is 23.8 Å². The first-order valence-electron chi connectivity index (χ1n) is 9.68. The monoisotopic (exact) mass is 390 g/mol. The van der Waals surface area contributed by atoms with Crippen molar-refractivity contribution >= 4 is 17.3 Å². The second-order valence-corrected chi connectivity index (χ2v) is 6.64. The first-order chi connectivity index (χ1) is 14.1. The van der Waals surface area contributed by atoms with Crippen LogP contribution in [0.15, 0.2) is 72.8 Å². The van der Waals surface area contributed by atoms with Gasteiger partial charge < -0.3 is 20.1 Å². The smallest absolute Gasteiger partial charge is 0.262 e. The predicted molar refractivity (Wildman–Crippen MR) is 117 cm³/mol. The van der Waals surface area contributed by atoms with Crippen molar-refractivity contribution in [2.24, 2.45) is 0 Å². The second-order valence-electron chi connectivity index (χ2n) is 6.64. The Kier molecular flexibility index (Phi) is 7.11. The summed E-state index contributed by atoms with van der Waals surface area (Å²) in [5.74, 6) is 0.960. The number of aryl methyl sites for hydroxylation is 1. The van der Waals surface area contributed by atoms with Crippen LogP contribution in [0.1, 0.15) is 18.1 Å². The average Bonchev–Trinajstić information content (AvgIpc) is 2.72. The number of ether oxygens (including phenoxy) is 2. The molecule has 0 heterocycles. The van der Waals surface area contributed by atoms with Crippen LogP contribution in [0, 0.1) is 6.92 Å². The summed E-state index contributed by atoms with van der Waals surface area (Å²) in [5.41, 5.74) is 4.09. The van der Waals surface area contributed by atoms with E-state index in [1.165, 1.54) is 5.56 Å². The highest BCUT2D eigenvalue weighted by Crippen LogP contribution is 2.29. The molecule has 0 atom stereocenters. The minimum Gasteiger partial charge on any atom is -0.490 e. The van der Waals surface area contributed by atoms with Crippen LogP contribution in [-0.4, -0.2) is 19.1 Å². The minimum atomic E-state index is -0.219. The maximum absolute atomic E-state index is 12.1. The van der Waals surface area contributed by atoms with E-state index < -0.39 is 0 Å². The topological polar surface area (TPSA) is 59.6 Å². The van der Waals surface area contributed by atoms with Gasteiger partial charge in [-0.25, -0.2) is 0 Å². The molecule has 0 saturated heterocycles. The first kappa shape index (κ1) is 20.3. The molecule has 2 N–H and O–H groups in total. The lowest BCUT2D eigenvalue weighted by Crippen LogP contribution is -2.20. The Bertz CT molecular complexity index is 942. The molecule has 3 aromatic carbocycles. The van der Waals surface area contributed by atoms with Crippen molar-refractivity contribution in [2.45, 2.75) is 20.4 Å². The predicted octanol–water partition coefficient (Wildman–Crippen LogP) is 5.02. The molecule has 150 valence electrons. The molecule has 0 saturated carbocycles. The third kappa shape index (κ3) is 6.28. The number of hydrogen-bond donors (Lipinski definition) is 2. The summed E-state index contributed by atoms with van der Waals surface area (Å²) in [4.78, 5) is 12.1. The fourth-order valence-corrected chi connectivity index (χ4v) is 2.87. The van der Waals surface area contributed by atoms with Crippen LogP contribution in [0.3, 0.4) is 0 Å². The van der Waals surface area contributed by atoms with Gasteiger partial charge in [0.1, 0.15) is 0 Å². The lowest BCUT2D eigenvalue weighted by molar-refractivity contribution is -0.118. The molecule has 0 aliphatic heterocycles. The van der Waals surface area contributed by atoms with E-state index in [0.29, 0.717) is 24.7 Å². The summed E-state index contributed by atoms with van der Waals surface area (Å²) >= 11 is 0. The summed E-state index contributed by atoms with van der Waals surface area (Å²) in [6.07, 6.45) is 0. The van der Waals surface area contributed by atoms with Crippen LogP contribution in [0.4, 0.5) is 11.4 Å². The molecule has 0 unspecified atom stereocenters. The number of para-hydroxylation sites is 1. The number of rotatable bonds is 9. The van der Waals surface area contributed by atoms with Crippen LogP contribution in [0.5, 0.6) is 11.5 Å². The molecule has 0 aliphatic carbocycles. The third-order valence-corrected chi connectivity index (χ3v) is 4.24. The maximum atomic E-state index is 12.1. The van der Waals surface area contributed by atoms with Crippen molar-refractivity contribution in [3.05, 3.63) is 83.9 Å². The summed E-state index contributed by atoms with van der Waals surface area (Å²) in [5, 5.41) is 6.21. The van der Waals surface area contributed by atoms with E-state index in [1.54, 1.807) is 0 Å². The number of nitrogens with one attached hydrogen (secondary N) is 2. The summed E-state index contributed by atoms with van der Waals surface area (Å²) in [7, 11) is 0. The van der Waals surface area contributed by atoms with E-state index in [0.717, 1.165) is 16.9 Å². The van der Waals surface area contributed by atoms with Gasteiger partial charge in [0.15, 0.2) is 18.1 Å². The first-order valence-corrected chi connectivity index (χ1v) is 9.68. The van der Waals surface area contributed by atoms with Gasteiger partial charge in [-0.3, -0.25) is 4.79 Å². The lowest BCUT2D eigenvalue weighted by atomic mass is 10.2. The largest absolute Gasteiger partial charge is 0.490 e. The molecular weight excluding hydrogens is 364 g/mol. The molecular formula is C24H26N2O3. The van der Waals surface area contributed by atoms with Gasteiger partial charge in [0.2, 0.25) is 0 Å². The number of amides is 1. The van der Waals surface area contributed by atoms with E-state index in [-0.39, 0.29) is 12.5 Å². The highest BCUT2D eigenvalue weighted by Gasteiger charge is 2.10. The maximum Gasteiger partial charge on any atom is 0.262 e. The SMILES string of the molecule is CCOc1cc(CNc2cccc(C)c2)ccc1OCC(=O)Nc1ccccc1. The van der Waals surface area contributed by atoms with Crippen molar-refractivity contribution in [3.8, 4) is 11.5 Å². The number of carbonyl (C=O) groups is 1. The molecule has 3 aromatic rings. The molecule has 0 radical (unpaired) electrons. The molecule has 0 bridgehead atoms. The van der Waals surface area contributed by atoms with Gasteiger partial charge in [-0.2, -0.15) is 0 Å². The van der Waals surface area contributed by atoms with Gasteiger partial charge in [0, 0.05) is 17.9 Å². The summed E-state index contributed by atoms with van der Waals surface area (Å²) in [6, 6.07) is 23.3. The molecule has 0 aliphatic rings. The fourth-order valence-electron chi connectivity index (χ4n) is 2.87. The molecule has 1 amide bonds. The van der Waals surface area contributed by atoms with Gasteiger partial charge >= 0.3 is 0 Å². The van der Waals surface area contributed by atoms with Gasteiger partial charge in [-0.15, -0.1) is 0 Å². The standard InChI is InChI=1S/C24H26N2O3/c1-3-28-23-15-19(16-25-21-11-7-8-18(2)14-21)12-13-22(23)29-17-24(27)26-20-9-5-4-6-10-20/h4-15,25H,3,16-17H2,1-2H3,(H,26,27). The Labute approximate surface area is 171 Å². The van der Waals surface area contributed by atoms with E-state index in [1.807, 2.05) is 67.6 Å². The van der Waals surface area contributed by atoms with Crippen molar-refractivity contribution < 1.29 is 14.3 Å². The quantitative estimate of drug-likeness (QED) is 0.538. The van der Waals surface area contributed by atoms with Gasteiger partial charge in [-0.1, -0.05) is 36.4 Å². The fraction of sp³-hybridized carbons (Fsp3) is 0.208. The van der Waals surface area contributed by atoms with E-state index in [4.69, 9.17) is 9.47 Å². The average molecular weight is 390 g/mol. The summed E-state index contributed by atoms with van der Waals surface area (Å²) < 4.78 is 11.4. The highest BCUT2D eigenvalue weighted by molar-refractivity contribution is 5.91. The Morgan fingerprint density at radius 1 is 0.862 bits per heavy atom. The number of hydrogen-bond acceptors (Lipinski definition) is 4. The van der Waals surface area contributed by atoms with Gasteiger partial charge in [-0.05, 0) is 61.4 Å². The number of carbonyl (C=O) groups excluding carboxylic acids is 1. The zero-order valence-corrected chi connectivity index (χ0v) is 16.8. The van der Waals surface area contributed by atoms with Crippen LogP contribution in [0.25, 0.3) is 0 Å². The van der Waals surface area contributed by atoms with E-state index in [2.05, 4.69) is 29.7 Å². The molecule has 29 heavy (non-hydrogen) atoms. The van der Waals surface area contributed by atoms with Gasteiger partial charge in [0.05, 0.1) is 6.61 Å². The molecule has 3 rings (SSSR count). The second kappa shape index (κ2) is 10.2. The Morgan fingerprint density at radius 2 is 1.66 bits per heavy atom. The van der Waals surface area contributed by atoms with Crippen LogP contribution in [-0.2, 0) is 11.3 Å². The van der Waals surface area contributed by atoms with Crippen LogP contribution >= 0.6 is 0 Å². The molecule has 0 fully saturated rings. The highest BCUT2D eigenvalue weighted by atomic mass is 16.5. The third-order valence-electron chi connectivity index (χ3n) is 4.24. The Hall–Kier alpha value is -3.47. The normalized spacial score (nSPS) is 10.3. The zero-order valence-electron chi connectivity index (χ0n) is 16.8. The molecule has 0 aromatic heterocycles. The number of anilines is 2. The van der Waals surface area contributed by atoms with Crippen LogP contribution in [0.2, 0.25) is 0 Å². The zero-order chi connectivity index (χ0) is 20.5. The summed E-state index contributed by atoms with van der Waals surface area (Å²) in [6.45, 7) is 5.08. The Morgan fingerprint density at radius 3 is 2.41 bits per heavy atom. The van der Waals surface area contributed by atoms with E-state index in [9.17, 15) is 4.79 Å². The van der Waals surface area contributed by atoms with Crippen molar-refractivity contribution in [3.63, 3.8) is 0 Å². The lowest BCUT2D eigenvalue weighted by Gasteiger charge is -2.14. The van der Waals surface area contributed by atoms with E-state index >= 15 is 0 Å². The Balaban J connectivity index is 1.60. The molecule has 0 spiro atoms. The van der Waals surface area contributed by atoms with Crippen molar-refractivity contribution in [1.29, 1.82) is 0 Å². The van der Waals surface area contributed by atoms with Crippen molar-refractivity contribution in [1.82, 2.24) is 0 Å². The van der Waals surface area contributed by atoms with Gasteiger partial charge in [0.25, 0.3) is 5.91 Å². The molecule has 5 heteroatoms. The number of benzene rings is 3. The van der Waals surface area contributed by atoms with Crippen LogP contribution < -0.4 is 20.1 Å².